The van der Waals surface area contributed by atoms with Crippen LogP contribution in [0.5, 0.6) is 0 Å². The average Bonchev–Trinajstić information content (AvgIpc) is 2.86. The Hall–Kier alpha value is -2.20. The first-order chi connectivity index (χ1) is 9.70. The molecule has 1 heterocycles. The van der Waals surface area contributed by atoms with Crippen molar-refractivity contribution in [2.75, 3.05) is 6.54 Å². The second-order valence-electron chi connectivity index (χ2n) is 4.89. The third-order valence-corrected chi connectivity index (χ3v) is 3.48. The van der Waals surface area contributed by atoms with E-state index in [9.17, 15) is 4.39 Å². The fourth-order valence-electron chi connectivity index (χ4n) is 2.40. The van der Waals surface area contributed by atoms with Gasteiger partial charge >= 0.3 is 0 Å². The Bertz CT molecular complexity index is 731. The molecule has 0 aliphatic carbocycles. The zero-order valence-corrected chi connectivity index (χ0v) is 11.3. The summed E-state index contributed by atoms with van der Waals surface area (Å²) < 4.78 is 15.2. The number of hydrogen-bond acceptors (Lipinski definition) is 2. The van der Waals surface area contributed by atoms with Crippen LogP contribution in [0.4, 0.5) is 4.39 Å². The van der Waals surface area contributed by atoms with Crippen LogP contribution in [0.25, 0.3) is 22.4 Å². The fraction of sp³-hybridized carbons (Fsp3) is 0.188. The largest absolute Gasteiger partial charge is 0.328 e. The van der Waals surface area contributed by atoms with Gasteiger partial charge in [-0.3, -0.25) is 0 Å². The Labute approximate surface area is 116 Å². The van der Waals surface area contributed by atoms with E-state index in [1.54, 1.807) is 12.1 Å². The Morgan fingerprint density at radius 3 is 2.55 bits per heavy atom. The molecule has 102 valence electrons. The third-order valence-electron chi connectivity index (χ3n) is 3.48. The molecule has 0 fully saturated rings. The lowest BCUT2D eigenvalue weighted by atomic mass is 10.2. The summed E-state index contributed by atoms with van der Waals surface area (Å²) in [6.07, 6.45) is 0. The first kappa shape index (κ1) is 12.8. The summed E-state index contributed by atoms with van der Waals surface area (Å²) in [4.78, 5) is 4.67. The van der Waals surface area contributed by atoms with Gasteiger partial charge in [-0.2, -0.15) is 0 Å². The molecule has 2 N–H and O–H groups in total. The minimum atomic E-state index is -0.247. The molecule has 0 amide bonds. The molecule has 0 aliphatic rings. The Morgan fingerprint density at radius 2 is 1.85 bits per heavy atom. The summed E-state index contributed by atoms with van der Waals surface area (Å²) in [6.45, 7) is 2.58. The predicted octanol–water partition coefficient (Wildman–Crippen LogP) is 3.36. The lowest BCUT2D eigenvalue weighted by Crippen LogP contribution is -2.16. The summed E-state index contributed by atoms with van der Waals surface area (Å²) >= 11 is 0. The smallest absolute Gasteiger partial charge is 0.141 e. The molecule has 0 saturated heterocycles. The van der Waals surface area contributed by atoms with Crippen LogP contribution in [-0.4, -0.2) is 16.1 Å². The van der Waals surface area contributed by atoms with E-state index in [0.29, 0.717) is 6.54 Å². The van der Waals surface area contributed by atoms with Crippen molar-refractivity contribution in [2.45, 2.75) is 13.0 Å². The maximum absolute atomic E-state index is 13.1. The van der Waals surface area contributed by atoms with Crippen molar-refractivity contribution in [3.05, 3.63) is 54.3 Å². The Balaban J connectivity index is 2.26. The van der Waals surface area contributed by atoms with E-state index >= 15 is 0 Å². The highest BCUT2D eigenvalue weighted by Gasteiger charge is 2.16. The summed E-state index contributed by atoms with van der Waals surface area (Å²) in [5, 5.41) is 0. The van der Waals surface area contributed by atoms with Gasteiger partial charge in [-0.05, 0) is 43.3 Å². The number of hydrogen-bond donors (Lipinski definition) is 1. The minimum absolute atomic E-state index is 0.127. The van der Waals surface area contributed by atoms with Gasteiger partial charge in [-0.25, -0.2) is 9.37 Å². The van der Waals surface area contributed by atoms with Gasteiger partial charge in [0, 0.05) is 18.2 Å². The van der Waals surface area contributed by atoms with Gasteiger partial charge in [-0.15, -0.1) is 0 Å². The Kier molecular flexibility index (Phi) is 3.24. The number of fused-ring (bicyclic) bond motifs is 1. The molecule has 1 unspecified atom stereocenters. The van der Waals surface area contributed by atoms with Crippen molar-refractivity contribution in [2.24, 2.45) is 5.73 Å². The van der Waals surface area contributed by atoms with Crippen molar-refractivity contribution in [3.8, 4) is 11.4 Å². The quantitative estimate of drug-likeness (QED) is 0.792. The number of halogens is 1. The summed E-state index contributed by atoms with van der Waals surface area (Å²) in [5.41, 5.74) is 8.68. The molecular formula is C16H16FN3. The van der Waals surface area contributed by atoms with E-state index in [-0.39, 0.29) is 11.9 Å². The third kappa shape index (κ3) is 2.08. The highest BCUT2D eigenvalue weighted by molar-refractivity contribution is 5.80. The van der Waals surface area contributed by atoms with Gasteiger partial charge in [0.2, 0.25) is 0 Å². The van der Waals surface area contributed by atoms with Gasteiger partial charge in [-0.1, -0.05) is 12.1 Å². The molecule has 3 aromatic rings. The second-order valence-corrected chi connectivity index (χ2v) is 4.89. The second kappa shape index (κ2) is 5.06. The van der Waals surface area contributed by atoms with Crippen LogP contribution >= 0.6 is 0 Å². The van der Waals surface area contributed by atoms with E-state index in [1.807, 2.05) is 24.3 Å². The summed E-state index contributed by atoms with van der Waals surface area (Å²) in [6, 6.07) is 14.5. The SMILES string of the molecule is CC(CN)n1c(-c2ccc(F)cc2)nc2ccccc21. The van der Waals surface area contributed by atoms with Crippen molar-refractivity contribution < 1.29 is 4.39 Å². The first-order valence-electron chi connectivity index (χ1n) is 6.63. The normalized spacial score (nSPS) is 12.8. The molecule has 4 heteroatoms. The van der Waals surface area contributed by atoms with Gasteiger partial charge < -0.3 is 10.3 Å². The van der Waals surface area contributed by atoms with Crippen LogP contribution in [0.1, 0.15) is 13.0 Å². The maximum Gasteiger partial charge on any atom is 0.141 e. The van der Waals surface area contributed by atoms with Gasteiger partial charge in [0.1, 0.15) is 11.6 Å². The van der Waals surface area contributed by atoms with Crippen molar-refractivity contribution in [3.63, 3.8) is 0 Å². The molecule has 0 spiro atoms. The molecule has 0 aliphatic heterocycles. The molecule has 2 aromatic carbocycles. The molecule has 20 heavy (non-hydrogen) atoms. The molecule has 3 nitrogen and oxygen atoms in total. The molecule has 1 atom stereocenters. The van der Waals surface area contributed by atoms with Crippen LogP contribution < -0.4 is 5.73 Å². The summed E-state index contributed by atoms with van der Waals surface area (Å²) in [5.74, 6) is 0.576. The highest BCUT2D eigenvalue weighted by atomic mass is 19.1. The highest BCUT2D eigenvalue weighted by Crippen LogP contribution is 2.28. The van der Waals surface area contributed by atoms with Crippen LogP contribution in [0.2, 0.25) is 0 Å². The zero-order chi connectivity index (χ0) is 14.1. The lowest BCUT2D eigenvalue weighted by Gasteiger charge is -2.15. The number of imidazole rings is 1. The van der Waals surface area contributed by atoms with Gasteiger partial charge in [0.15, 0.2) is 0 Å². The Morgan fingerprint density at radius 1 is 1.15 bits per heavy atom. The van der Waals surface area contributed by atoms with Crippen molar-refractivity contribution >= 4 is 11.0 Å². The molecule has 3 rings (SSSR count). The molecule has 0 bridgehead atoms. The van der Waals surface area contributed by atoms with Crippen LogP contribution in [0, 0.1) is 5.82 Å². The van der Waals surface area contributed by atoms with E-state index in [2.05, 4.69) is 16.5 Å². The van der Waals surface area contributed by atoms with Crippen molar-refractivity contribution in [1.29, 1.82) is 0 Å². The number of rotatable bonds is 3. The molecule has 1 aromatic heterocycles. The predicted molar refractivity (Wildman–Crippen MR) is 78.9 cm³/mol. The molecular weight excluding hydrogens is 253 g/mol. The number of aromatic nitrogens is 2. The topological polar surface area (TPSA) is 43.8 Å². The molecule has 0 saturated carbocycles. The molecule has 0 radical (unpaired) electrons. The van der Waals surface area contributed by atoms with Crippen LogP contribution in [0.3, 0.4) is 0 Å². The number of para-hydroxylation sites is 2. The average molecular weight is 269 g/mol. The number of nitrogens with two attached hydrogens (primary N) is 1. The van der Waals surface area contributed by atoms with Crippen LogP contribution in [-0.2, 0) is 0 Å². The number of benzene rings is 2. The van der Waals surface area contributed by atoms with E-state index < -0.39 is 0 Å². The van der Waals surface area contributed by atoms with Gasteiger partial charge in [0.25, 0.3) is 0 Å². The lowest BCUT2D eigenvalue weighted by molar-refractivity contribution is 0.578. The van der Waals surface area contributed by atoms with E-state index in [4.69, 9.17) is 5.73 Å². The van der Waals surface area contributed by atoms with E-state index in [0.717, 1.165) is 22.4 Å². The minimum Gasteiger partial charge on any atom is -0.328 e. The number of nitrogens with zero attached hydrogens (tertiary/aromatic N) is 2. The summed E-state index contributed by atoms with van der Waals surface area (Å²) in [7, 11) is 0. The van der Waals surface area contributed by atoms with E-state index in [1.165, 1.54) is 12.1 Å². The zero-order valence-electron chi connectivity index (χ0n) is 11.3. The fourth-order valence-corrected chi connectivity index (χ4v) is 2.40. The first-order valence-corrected chi connectivity index (χ1v) is 6.63. The van der Waals surface area contributed by atoms with Crippen LogP contribution in [0.15, 0.2) is 48.5 Å². The monoisotopic (exact) mass is 269 g/mol. The van der Waals surface area contributed by atoms with Crippen molar-refractivity contribution in [1.82, 2.24) is 9.55 Å². The standard InChI is InChI=1S/C16H16FN3/c1-11(10-18)20-15-5-3-2-4-14(15)19-16(20)12-6-8-13(17)9-7-12/h2-9,11H,10,18H2,1H3. The maximum atomic E-state index is 13.1. The van der Waals surface area contributed by atoms with Gasteiger partial charge in [0.05, 0.1) is 11.0 Å².